The van der Waals surface area contributed by atoms with Crippen molar-refractivity contribution in [2.45, 2.75) is 67.2 Å². The molecule has 1 spiro atoms. The number of rotatable bonds is 0. The van der Waals surface area contributed by atoms with Crippen LogP contribution in [0.5, 0.6) is 0 Å². The summed E-state index contributed by atoms with van der Waals surface area (Å²) in [4.78, 5) is 0.511. The Morgan fingerprint density at radius 2 is 1.20 bits per heavy atom. The van der Waals surface area contributed by atoms with E-state index in [1.165, 1.54) is 0 Å². The van der Waals surface area contributed by atoms with Crippen LogP contribution in [0.1, 0.15) is 40.5 Å². The average Bonchev–Trinajstić information content (AvgIpc) is 2.31. The first-order valence-electron chi connectivity index (χ1n) is 5.35. The second-order valence-electron chi connectivity index (χ2n) is 5.79. The highest BCUT2D eigenvalue weighted by Crippen LogP contribution is 2.54. The summed E-state index contributed by atoms with van der Waals surface area (Å²) in [5.41, 5.74) is -0.221. The van der Waals surface area contributed by atoms with Crippen LogP contribution in [0.15, 0.2) is 0 Å². The van der Waals surface area contributed by atoms with E-state index < -0.39 is 5.79 Å². The van der Waals surface area contributed by atoms with Crippen molar-refractivity contribution < 1.29 is 9.47 Å². The highest BCUT2D eigenvalue weighted by molar-refractivity contribution is 9.10. The molecule has 4 heteroatoms. The van der Waals surface area contributed by atoms with Gasteiger partial charge in [-0.15, -0.1) is 0 Å². The Balaban J connectivity index is 2.28. The van der Waals surface area contributed by atoms with E-state index in [0.717, 1.165) is 12.8 Å². The van der Waals surface area contributed by atoms with Crippen LogP contribution in [0.2, 0.25) is 0 Å². The normalized spacial score (nSPS) is 41.2. The van der Waals surface area contributed by atoms with Crippen molar-refractivity contribution in [3.63, 3.8) is 0 Å². The predicted octanol–water partition coefficient (Wildman–Crippen LogP) is 3.61. The lowest BCUT2D eigenvalue weighted by molar-refractivity contribution is -0.245. The Labute approximate surface area is 108 Å². The minimum absolute atomic E-state index is 0.111. The minimum Gasteiger partial charge on any atom is -0.342 e. The number of halogens is 2. The molecule has 2 fully saturated rings. The Morgan fingerprint density at radius 3 is 1.40 bits per heavy atom. The molecule has 2 nitrogen and oxygen atoms in total. The van der Waals surface area contributed by atoms with E-state index in [2.05, 4.69) is 59.6 Å². The van der Waals surface area contributed by atoms with Crippen LogP contribution in [0.3, 0.4) is 0 Å². The second-order valence-corrected chi connectivity index (χ2v) is 8.00. The van der Waals surface area contributed by atoms with Gasteiger partial charge in [-0.25, -0.2) is 0 Å². The fraction of sp³-hybridized carbons (Fsp3) is 1.00. The molecule has 2 saturated heterocycles. The molecule has 0 aromatic rings. The third-order valence-electron chi connectivity index (χ3n) is 3.09. The first-order chi connectivity index (χ1) is 6.67. The minimum atomic E-state index is -0.493. The molecule has 15 heavy (non-hydrogen) atoms. The van der Waals surface area contributed by atoms with Crippen molar-refractivity contribution >= 4 is 31.9 Å². The van der Waals surface area contributed by atoms with Gasteiger partial charge in [0.25, 0.3) is 0 Å². The molecular formula is C11H18Br2O2. The summed E-state index contributed by atoms with van der Waals surface area (Å²) in [7, 11) is 0. The summed E-state index contributed by atoms with van der Waals surface area (Å²) in [6, 6.07) is 0. The molecule has 0 bridgehead atoms. The Morgan fingerprint density at radius 1 is 0.867 bits per heavy atom. The van der Waals surface area contributed by atoms with Crippen molar-refractivity contribution in [2.75, 3.05) is 0 Å². The van der Waals surface area contributed by atoms with Crippen LogP contribution in [-0.2, 0) is 9.47 Å². The topological polar surface area (TPSA) is 18.5 Å². The largest absolute Gasteiger partial charge is 0.342 e. The van der Waals surface area contributed by atoms with Crippen molar-refractivity contribution in [1.29, 1.82) is 0 Å². The summed E-state index contributed by atoms with van der Waals surface area (Å²) in [5.74, 6) is -0.493. The van der Waals surface area contributed by atoms with Gasteiger partial charge in [0.05, 0.1) is 20.9 Å². The van der Waals surface area contributed by atoms with E-state index in [1.807, 2.05) is 0 Å². The molecule has 2 rings (SSSR count). The number of hydrogen-bond donors (Lipinski definition) is 0. The van der Waals surface area contributed by atoms with Crippen LogP contribution < -0.4 is 0 Å². The second kappa shape index (κ2) is 3.44. The summed E-state index contributed by atoms with van der Waals surface area (Å²) >= 11 is 7.42. The highest BCUT2D eigenvalue weighted by Gasteiger charge is 2.62. The molecule has 0 aliphatic carbocycles. The molecule has 2 atom stereocenters. The molecule has 0 saturated carbocycles. The SMILES string of the molecule is CC1(C)C[C@H](Br)C2(O1)OC(C)(C)C[C@@H]2Br. The number of alkyl halides is 2. The molecule has 2 heterocycles. The van der Waals surface area contributed by atoms with E-state index in [1.54, 1.807) is 0 Å². The lowest BCUT2D eigenvalue weighted by Gasteiger charge is -2.33. The van der Waals surface area contributed by atoms with Gasteiger partial charge in [0, 0.05) is 0 Å². The zero-order chi connectivity index (χ0) is 11.5. The zero-order valence-corrected chi connectivity index (χ0v) is 12.8. The van der Waals surface area contributed by atoms with Crippen molar-refractivity contribution in [1.82, 2.24) is 0 Å². The van der Waals surface area contributed by atoms with Crippen molar-refractivity contribution in [3.05, 3.63) is 0 Å². The molecule has 0 radical (unpaired) electrons. The highest BCUT2D eigenvalue weighted by atomic mass is 79.9. The third-order valence-corrected chi connectivity index (χ3v) is 5.01. The van der Waals surface area contributed by atoms with Gasteiger partial charge in [-0.3, -0.25) is 0 Å². The van der Waals surface area contributed by atoms with E-state index >= 15 is 0 Å². The standard InChI is InChI=1S/C11H18Br2O2/c1-9(2)5-7(12)11(14-9)8(13)6-10(3,4)15-11/h7-8H,5-6H2,1-4H3/t7-,8-,11?/m0/s1. The van der Waals surface area contributed by atoms with Gasteiger partial charge >= 0.3 is 0 Å². The van der Waals surface area contributed by atoms with Gasteiger partial charge in [0.1, 0.15) is 0 Å². The maximum Gasteiger partial charge on any atom is 0.194 e. The van der Waals surface area contributed by atoms with Gasteiger partial charge in [0.2, 0.25) is 0 Å². The molecular weight excluding hydrogens is 324 g/mol. The Hall–Kier alpha value is 0.880. The summed E-state index contributed by atoms with van der Waals surface area (Å²) in [6.45, 7) is 8.46. The lowest BCUT2D eigenvalue weighted by Crippen LogP contribution is -2.44. The van der Waals surface area contributed by atoms with E-state index in [-0.39, 0.29) is 20.9 Å². The molecule has 2 aliphatic heterocycles. The number of ether oxygens (including phenoxy) is 2. The Kier molecular flexibility index (Phi) is 2.83. The monoisotopic (exact) mass is 340 g/mol. The predicted molar refractivity (Wildman–Crippen MR) is 67.7 cm³/mol. The van der Waals surface area contributed by atoms with E-state index in [9.17, 15) is 0 Å². The molecule has 0 aromatic carbocycles. The van der Waals surface area contributed by atoms with Crippen LogP contribution in [0, 0.1) is 0 Å². The summed E-state index contributed by atoms with van der Waals surface area (Å²) < 4.78 is 12.3. The maximum atomic E-state index is 6.14. The van der Waals surface area contributed by atoms with E-state index in [0.29, 0.717) is 0 Å². The smallest absolute Gasteiger partial charge is 0.194 e. The van der Waals surface area contributed by atoms with Gasteiger partial charge < -0.3 is 9.47 Å². The summed E-state index contributed by atoms with van der Waals surface area (Å²) in [5, 5.41) is 0. The van der Waals surface area contributed by atoms with Gasteiger partial charge in [-0.2, -0.15) is 0 Å². The third kappa shape index (κ3) is 2.03. The van der Waals surface area contributed by atoms with Gasteiger partial charge in [-0.1, -0.05) is 31.9 Å². The van der Waals surface area contributed by atoms with E-state index in [4.69, 9.17) is 9.47 Å². The fourth-order valence-electron chi connectivity index (χ4n) is 2.57. The first kappa shape index (κ1) is 12.3. The zero-order valence-electron chi connectivity index (χ0n) is 9.64. The van der Waals surface area contributed by atoms with Gasteiger partial charge in [0.15, 0.2) is 5.79 Å². The van der Waals surface area contributed by atoms with Crippen molar-refractivity contribution in [2.24, 2.45) is 0 Å². The molecule has 0 unspecified atom stereocenters. The first-order valence-corrected chi connectivity index (χ1v) is 7.19. The van der Waals surface area contributed by atoms with Gasteiger partial charge in [-0.05, 0) is 40.5 Å². The molecule has 0 N–H and O–H groups in total. The molecule has 2 aliphatic rings. The lowest BCUT2D eigenvalue weighted by atomic mass is 10.0. The molecule has 0 aromatic heterocycles. The van der Waals surface area contributed by atoms with Crippen LogP contribution in [0.4, 0.5) is 0 Å². The maximum absolute atomic E-state index is 6.14. The van der Waals surface area contributed by atoms with Crippen LogP contribution in [-0.4, -0.2) is 26.6 Å². The Bertz CT molecular complexity index is 248. The fourth-order valence-corrected chi connectivity index (χ4v) is 5.49. The molecule has 88 valence electrons. The quantitative estimate of drug-likeness (QED) is 0.627. The summed E-state index contributed by atoms with van der Waals surface area (Å²) in [6.07, 6.45) is 1.95. The van der Waals surface area contributed by atoms with Crippen molar-refractivity contribution in [3.8, 4) is 0 Å². The average molecular weight is 342 g/mol. The van der Waals surface area contributed by atoms with Crippen LogP contribution in [0.25, 0.3) is 0 Å². The number of hydrogen-bond acceptors (Lipinski definition) is 2. The molecule has 0 amide bonds. The van der Waals surface area contributed by atoms with Crippen LogP contribution >= 0.6 is 31.9 Å².